The molecule has 0 aliphatic rings. The molecule has 0 radical (unpaired) electrons. The van der Waals surface area contributed by atoms with Crippen LogP contribution in [0.5, 0.6) is 5.75 Å². The van der Waals surface area contributed by atoms with Crippen molar-refractivity contribution in [3.05, 3.63) is 28.0 Å². The molecule has 0 aliphatic heterocycles. The van der Waals surface area contributed by atoms with Crippen LogP contribution in [0.2, 0.25) is 0 Å². The molecule has 2 nitrogen and oxygen atoms in total. The molecule has 1 aromatic rings. The number of halogens is 4. The van der Waals surface area contributed by atoms with Crippen LogP contribution in [-0.4, -0.2) is 11.5 Å². The third-order valence-electron chi connectivity index (χ3n) is 1.69. The Labute approximate surface area is 86.7 Å². The Morgan fingerprint density at radius 2 is 1.93 bits per heavy atom. The first-order chi connectivity index (χ1) is 6.43. The summed E-state index contributed by atoms with van der Waals surface area (Å²) in [6, 6.07) is 0.439. The van der Waals surface area contributed by atoms with Crippen molar-refractivity contribution in [3.63, 3.8) is 0 Å². The Morgan fingerprint density at radius 1 is 1.36 bits per heavy atom. The summed E-state index contributed by atoms with van der Waals surface area (Å²) in [6.07, 6.45) is -2.85. The number of hydrogen-bond acceptors (Lipinski definition) is 2. The zero-order valence-electron chi connectivity index (χ0n) is 6.85. The van der Waals surface area contributed by atoms with E-state index in [9.17, 15) is 13.2 Å². The van der Waals surface area contributed by atoms with Gasteiger partial charge in [-0.05, 0) is 12.1 Å². The van der Waals surface area contributed by atoms with Crippen LogP contribution < -0.4 is 5.73 Å². The van der Waals surface area contributed by atoms with Crippen molar-refractivity contribution >= 4 is 15.9 Å². The molecule has 0 unspecified atom stereocenters. The molecule has 78 valence electrons. The van der Waals surface area contributed by atoms with Gasteiger partial charge in [-0.25, -0.2) is 13.2 Å². The van der Waals surface area contributed by atoms with E-state index in [4.69, 9.17) is 10.8 Å². The van der Waals surface area contributed by atoms with Crippen molar-refractivity contribution in [2.75, 3.05) is 0 Å². The number of rotatable bonds is 2. The summed E-state index contributed by atoms with van der Waals surface area (Å²) in [6.45, 7) is 0. The zero-order valence-corrected chi connectivity index (χ0v) is 8.43. The van der Waals surface area contributed by atoms with Crippen LogP contribution in [0.3, 0.4) is 0 Å². The molecule has 0 bridgehead atoms. The van der Waals surface area contributed by atoms with E-state index in [1.165, 1.54) is 0 Å². The van der Waals surface area contributed by atoms with Crippen molar-refractivity contribution in [3.8, 4) is 5.75 Å². The minimum absolute atomic E-state index is 0.249. The van der Waals surface area contributed by atoms with Gasteiger partial charge in [0.25, 0.3) is 6.43 Å². The molecule has 1 rings (SSSR count). The Bertz CT molecular complexity index is 346. The van der Waals surface area contributed by atoms with Crippen molar-refractivity contribution < 1.29 is 18.3 Å². The van der Waals surface area contributed by atoms with Gasteiger partial charge < -0.3 is 10.8 Å². The Kier molecular flexibility index (Phi) is 3.38. The van der Waals surface area contributed by atoms with E-state index >= 15 is 0 Å². The summed E-state index contributed by atoms with van der Waals surface area (Å²) < 4.78 is 37.5. The van der Waals surface area contributed by atoms with Crippen molar-refractivity contribution in [2.24, 2.45) is 5.73 Å². The number of phenols is 1. The standard InChI is InChI=1S/C8H7BrF3NO/c9-3-1-4(6(13)8(11)12)7(14)5(10)2-3/h1-2,6,8,14H,13H2/t6-/m0/s1. The van der Waals surface area contributed by atoms with Crippen molar-refractivity contribution in [1.29, 1.82) is 0 Å². The molecule has 0 spiro atoms. The van der Waals surface area contributed by atoms with E-state index in [0.29, 0.717) is 0 Å². The van der Waals surface area contributed by atoms with Crippen LogP contribution in [-0.2, 0) is 0 Å². The van der Waals surface area contributed by atoms with E-state index in [1.54, 1.807) is 0 Å². The Hall–Kier alpha value is -0.750. The minimum atomic E-state index is -2.85. The highest BCUT2D eigenvalue weighted by atomic mass is 79.9. The summed E-state index contributed by atoms with van der Waals surface area (Å²) in [5.41, 5.74) is 4.77. The predicted molar refractivity (Wildman–Crippen MR) is 48.7 cm³/mol. The maximum Gasteiger partial charge on any atom is 0.257 e. The zero-order chi connectivity index (χ0) is 10.9. The van der Waals surface area contributed by atoms with Crippen LogP contribution in [0.25, 0.3) is 0 Å². The summed E-state index contributed by atoms with van der Waals surface area (Å²) in [5, 5.41) is 9.13. The molecule has 6 heteroatoms. The molecule has 0 saturated carbocycles. The fourth-order valence-corrected chi connectivity index (χ4v) is 1.42. The lowest BCUT2D eigenvalue weighted by atomic mass is 10.1. The summed E-state index contributed by atoms with van der Waals surface area (Å²) >= 11 is 2.91. The number of benzene rings is 1. The highest BCUT2D eigenvalue weighted by Crippen LogP contribution is 2.32. The normalized spacial score (nSPS) is 13.3. The average Bonchev–Trinajstić information content (AvgIpc) is 2.09. The van der Waals surface area contributed by atoms with Gasteiger partial charge >= 0.3 is 0 Å². The molecule has 0 heterocycles. The molecule has 14 heavy (non-hydrogen) atoms. The van der Waals surface area contributed by atoms with Gasteiger partial charge in [0.1, 0.15) is 0 Å². The monoisotopic (exact) mass is 269 g/mol. The lowest BCUT2D eigenvalue weighted by molar-refractivity contribution is 0.115. The lowest BCUT2D eigenvalue weighted by Gasteiger charge is -2.13. The van der Waals surface area contributed by atoms with Crippen molar-refractivity contribution in [1.82, 2.24) is 0 Å². The van der Waals surface area contributed by atoms with Gasteiger partial charge in [-0.1, -0.05) is 15.9 Å². The molecule has 0 fully saturated rings. The van der Waals surface area contributed by atoms with Crippen LogP contribution >= 0.6 is 15.9 Å². The third kappa shape index (κ3) is 2.19. The molecule has 0 saturated heterocycles. The highest BCUT2D eigenvalue weighted by molar-refractivity contribution is 9.10. The number of hydrogen-bond donors (Lipinski definition) is 2. The minimum Gasteiger partial charge on any atom is -0.505 e. The van der Waals surface area contributed by atoms with Gasteiger partial charge in [0.05, 0.1) is 6.04 Å². The van der Waals surface area contributed by atoms with Gasteiger partial charge in [-0.15, -0.1) is 0 Å². The van der Waals surface area contributed by atoms with Crippen LogP contribution in [0.15, 0.2) is 16.6 Å². The fourth-order valence-electron chi connectivity index (χ4n) is 0.976. The van der Waals surface area contributed by atoms with Gasteiger partial charge in [-0.2, -0.15) is 0 Å². The molecule has 1 aromatic carbocycles. The maximum atomic E-state index is 12.9. The number of alkyl halides is 2. The first kappa shape index (κ1) is 11.3. The summed E-state index contributed by atoms with van der Waals surface area (Å²) in [5.74, 6) is -1.81. The maximum absolute atomic E-state index is 12.9. The Balaban J connectivity index is 3.20. The van der Waals surface area contributed by atoms with E-state index in [-0.39, 0.29) is 10.0 Å². The first-order valence-corrected chi connectivity index (χ1v) is 4.44. The van der Waals surface area contributed by atoms with Crippen molar-refractivity contribution in [2.45, 2.75) is 12.5 Å². The molecule has 0 amide bonds. The van der Waals surface area contributed by atoms with E-state index < -0.39 is 24.0 Å². The number of phenolic OH excluding ortho intramolecular Hbond substituents is 1. The van der Waals surface area contributed by atoms with Crippen LogP contribution in [0.1, 0.15) is 11.6 Å². The van der Waals surface area contributed by atoms with E-state index in [1.807, 2.05) is 0 Å². The molecule has 0 aromatic heterocycles. The number of aromatic hydroxyl groups is 1. The second kappa shape index (κ2) is 4.18. The smallest absolute Gasteiger partial charge is 0.257 e. The fraction of sp³-hybridized carbons (Fsp3) is 0.250. The summed E-state index contributed by atoms with van der Waals surface area (Å²) in [4.78, 5) is 0. The molecule has 3 N–H and O–H groups in total. The number of nitrogens with two attached hydrogens (primary N) is 1. The van der Waals surface area contributed by atoms with Gasteiger partial charge in [-0.3, -0.25) is 0 Å². The molecule has 1 atom stereocenters. The largest absolute Gasteiger partial charge is 0.505 e. The topological polar surface area (TPSA) is 46.2 Å². The molecule has 0 aliphatic carbocycles. The van der Waals surface area contributed by atoms with E-state index in [0.717, 1.165) is 12.1 Å². The highest BCUT2D eigenvalue weighted by Gasteiger charge is 2.23. The quantitative estimate of drug-likeness (QED) is 0.867. The third-order valence-corrected chi connectivity index (χ3v) is 2.15. The SMILES string of the molecule is N[C@@H](c1cc(Br)cc(F)c1O)C(F)F. The molecular weight excluding hydrogens is 263 g/mol. The summed E-state index contributed by atoms with van der Waals surface area (Å²) in [7, 11) is 0. The predicted octanol–water partition coefficient (Wildman–Crippen LogP) is 2.56. The first-order valence-electron chi connectivity index (χ1n) is 3.65. The second-order valence-corrected chi connectivity index (χ2v) is 3.60. The second-order valence-electron chi connectivity index (χ2n) is 2.69. The molecular formula is C8H7BrF3NO. The Morgan fingerprint density at radius 3 is 2.43 bits per heavy atom. The van der Waals surface area contributed by atoms with Gasteiger partial charge in [0.15, 0.2) is 11.6 Å². The van der Waals surface area contributed by atoms with E-state index in [2.05, 4.69) is 15.9 Å². The van der Waals surface area contributed by atoms with Crippen LogP contribution in [0.4, 0.5) is 13.2 Å². The van der Waals surface area contributed by atoms with Gasteiger partial charge in [0, 0.05) is 10.0 Å². The van der Waals surface area contributed by atoms with Gasteiger partial charge in [0.2, 0.25) is 0 Å². The average molecular weight is 270 g/mol. The lowest BCUT2D eigenvalue weighted by Crippen LogP contribution is -2.19. The van der Waals surface area contributed by atoms with Crippen LogP contribution in [0, 0.1) is 5.82 Å².